The number of aryl methyl sites for hydroxylation is 2. The summed E-state index contributed by atoms with van der Waals surface area (Å²) >= 11 is 7.37. The van der Waals surface area contributed by atoms with Crippen LogP contribution in [0.25, 0.3) is 0 Å². The van der Waals surface area contributed by atoms with Gasteiger partial charge in [-0.1, -0.05) is 11.6 Å². The maximum atomic E-state index is 12.1. The van der Waals surface area contributed by atoms with E-state index in [0.717, 1.165) is 17.7 Å². The van der Waals surface area contributed by atoms with E-state index in [1.54, 1.807) is 29.7 Å². The summed E-state index contributed by atoms with van der Waals surface area (Å²) < 4.78 is 0. The van der Waals surface area contributed by atoms with Crippen LogP contribution < -0.4 is 5.32 Å². The molecule has 1 aliphatic rings. The molecule has 0 unspecified atom stereocenters. The van der Waals surface area contributed by atoms with Crippen molar-refractivity contribution in [2.75, 3.05) is 5.32 Å². The lowest BCUT2D eigenvalue weighted by Crippen LogP contribution is -2.10. The van der Waals surface area contributed by atoms with Gasteiger partial charge in [-0.2, -0.15) is 0 Å². The van der Waals surface area contributed by atoms with Crippen LogP contribution in [-0.2, 0) is 12.8 Å². The molecule has 0 aliphatic heterocycles. The number of fused-ring (bicyclic) bond motifs is 1. The minimum absolute atomic E-state index is 0.0725. The summed E-state index contributed by atoms with van der Waals surface area (Å²) in [6, 6.07) is 5.37. The number of anilines is 1. The van der Waals surface area contributed by atoms with Crippen LogP contribution in [0.4, 0.5) is 5.69 Å². The largest absolute Gasteiger partial charge is 0.321 e. The van der Waals surface area contributed by atoms with Gasteiger partial charge in [0.25, 0.3) is 5.91 Å². The fourth-order valence-corrected chi connectivity index (χ4v) is 3.44. The topological polar surface area (TPSA) is 42.0 Å². The van der Waals surface area contributed by atoms with Gasteiger partial charge in [0, 0.05) is 16.8 Å². The lowest BCUT2D eigenvalue weighted by atomic mass is 10.2. The first-order valence-electron chi connectivity index (χ1n) is 5.77. The number of pyridine rings is 1. The Morgan fingerprint density at radius 2 is 2.28 bits per heavy atom. The summed E-state index contributed by atoms with van der Waals surface area (Å²) in [7, 11) is 0. The van der Waals surface area contributed by atoms with Gasteiger partial charge in [-0.15, -0.1) is 11.3 Å². The van der Waals surface area contributed by atoms with E-state index in [4.69, 9.17) is 11.6 Å². The van der Waals surface area contributed by atoms with Gasteiger partial charge in [0.05, 0.1) is 4.88 Å². The number of hydrogen-bond acceptors (Lipinski definition) is 3. The van der Waals surface area contributed by atoms with Crippen LogP contribution >= 0.6 is 22.9 Å². The molecule has 0 saturated heterocycles. The molecule has 5 heteroatoms. The Hall–Kier alpha value is -1.39. The Kier molecular flexibility index (Phi) is 3.06. The molecule has 0 radical (unpaired) electrons. The van der Waals surface area contributed by atoms with E-state index in [9.17, 15) is 4.79 Å². The summed E-state index contributed by atoms with van der Waals surface area (Å²) in [4.78, 5) is 18.1. The van der Waals surface area contributed by atoms with E-state index in [0.29, 0.717) is 10.8 Å². The molecule has 2 aromatic heterocycles. The van der Waals surface area contributed by atoms with Crippen molar-refractivity contribution >= 4 is 34.5 Å². The molecule has 2 aromatic rings. The molecular formula is C13H11ClN2OS. The number of hydrogen-bond donors (Lipinski definition) is 1. The van der Waals surface area contributed by atoms with Crippen LogP contribution in [0.1, 0.15) is 26.5 Å². The smallest absolute Gasteiger partial charge is 0.265 e. The molecule has 0 aromatic carbocycles. The van der Waals surface area contributed by atoms with E-state index in [1.165, 1.54) is 16.9 Å². The normalized spacial score (nSPS) is 13.4. The molecule has 3 nitrogen and oxygen atoms in total. The zero-order valence-electron chi connectivity index (χ0n) is 9.57. The molecule has 18 heavy (non-hydrogen) atoms. The van der Waals surface area contributed by atoms with Gasteiger partial charge in [0.15, 0.2) is 0 Å². The number of halogens is 1. The van der Waals surface area contributed by atoms with Gasteiger partial charge in [0.2, 0.25) is 0 Å². The highest BCUT2D eigenvalue weighted by Crippen LogP contribution is 2.31. The highest BCUT2D eigenvalue weighted by atomic mass is 35.5. The van der Waals surface area contributed by atoms with Gasteiger partial charge in [0.1, 0.15) is 5.15 Å². The number of nitrogens with zero attached hydrogens (tertiary/aromatic N) is 1. The van der Waals surface area contributed by atoms with E-state index in [2.05, 4.69) is 10.3 Å². The fraction of sp³-hybridized carbons (Fsp3) is 0.231. The minimum atomic E-state index is -0.0725. The van der Waals surface area contributed by atoms with Gasteiger partial charge in [-0.05, 0) is 43.0 Å². The van der Waals surface area contributed by atoms with E-state index in [-0.39, 0.29) is 5.91 Å². The lowest BCUT2D eigenvalue weighted by molar-refractivity contribution is 0.103. The standard InChI is InChI=1S/C13H11ClN2OS/c14-12-7-9(4-5-15-12)16-13(17)11-6-8-2-1-3-10(8)18-11/h4-7H,1-3H2,(H,15,16,17). The predicted molar refractivity (Wildman–Crippen MR) is 73.5 cm³/mol. The molecule has 3 rings (SSSR count). The van der Waals surface area contributed by atoms with Crippen LogP contribution in [0.2, 0.25) is 5.15 Å². The quantitative estimate of drug-likeness (QED) is 0.854. The summed E-state index contributed by atoms with van der Waals surface area (Å²) in [5.74, 6) is -0.0725. The Balaban J connectivity index is 1.78. The third-order valence-electron chi connectivity index (χ3n) is 2.95. The Bertz CT molecular complexity index is 587. The van der Waals surface area contributed by atoms with Gasteiger partial charge < -0.3 is 5.32 Å². The average Bonchev–Trinajstić information content (AvgIpc) is 2.88. The lowest BCUT2D eigenvalue weighted by Gasteiger charge is -2.03. The molecular weight excluding hydrogens is 268 g/mol. The zero-order chi connectivity index (χ0) is 12.5. The van der Waals surface area contributed by atoms with Gasteiger partial charge in [-0.25, -0.2) is 4.98 Å². The van der Waals surface area contributed by atoms with Crippen LogP contribution in [0, 0.1) is 0 Å². The maximum absolute atomic E-state index is 12.1. The van der Waals surface area contributed by atoms with Crippen molar-refractivity contribution in [3.05, 3.63) is 44.9 Å². The molecule has 0 atom stereocenters. The third kappa shape index (κ3) is 2.26. The molecule has 0 spiro atoms. The number of rotatable bonds is 2. The Morgan fingerprint density at radius 1 is 1.39 bits per heavy atom. The van der Waals surface area contributed by atoms with E-state index >= 15 is 0 Å². The van der Waals surface area contributed by atoms with Crippen LogP contribution in [0.3, 0.4) is 0 Å². The Morgan fingerprint density at radius 3 is 3.06 bits per heavy atom. The van der Waals surface area contributed by atoms with Crippen molar-refractivity contribution in [2.45, 2.75) is 19.3 Å². The number of amides is 1. The SMILES string of the molecule is O=C(Nc1ccnc(Cl)c1)c1cc2c(s1)CCC2. The van der Waals surface area contributed by atoms with E-state index in [1.807, 2.05) is 6.07 Å². The molecule has 2 heterocycles. The van der Waals surface area contributed by atoms with Crippen molar-refractivity contribution < 1.29 is 4.79 Å². The summed E-state index contributed by atoms with van der Waals surface area (Å²) in [5.41, 5.74) is 2.01. The highest BCUT2D eigenvalue weighted by molar-refractivity contribution is 7.14. The number of aromatic nitrogens is 1. The first-order chi connectivity index (χ1) is 8.72. The summed E-state index contributed by atoms with van der Waals surface area (Å²) in [6.07, 6.45) is 4.99. The van der Waals surface area contributed by atoms with Crippen LogP contribution in [0.15, 0.2) is 24.4 Å². The summed E-state index contributed by atoms with van der Waals surface area (Å²) in [5, 5.41) is 3.21. The van der Waals surface area contributed by atoms with Crippen molar-refractivity contribution in [3.63, 3.8) is 0 Å². The van der Waals surface area contributed by atoms with Crippen LogP contribution in [0.5, 0.6) is 0 Å². The second-order valence-electron chi connectivity index (χ2n) is 4.23. The third-order valence-corrected chi connectivity index (χ3v) is 4.40. The minimum Gasteiger partial charge on any atom is -0.321 e. The number of thiophene rings is 1. The molecule has 1 N–H and O–H groups in total. The Labute approximate surface area is 114 Å². The summed E-state index contributed by atoms with van der Waals surface area (Å²) in [6.45, 7) is 0. The number of carbonyl (C=O) groups excluding carboxylic acids is 1. The predicted octanol–water partition coefficient (Wildman–Crippen LogP) is 3.54. The van der Waals surface area contributed by atoms with Crippen LogP contribution in [-0.4, -0.2) is 10.9 Å². The fourth-order valence-electron chi connectivity index (χ4n) is 2.11. The second kappa shape index (κ2) is 4.71. The number of nitrogens with one attached hydrogen (secondary N) is 1. The van der Waals surface area contributed by atoms with Gasteiger partial charge >= 0.3 is 0 Å². The molecule has 1 aliphatic carbocycles. The first kappa shape index (κ1) is 11.7. The first-order valence-corrected chi connectivity index (χ1v) is 6.96. The van der Waals surface area contributed by atoms with Crippen molar-refractivity contribution in [2.24, 2.45) is 0 Å². The van der Waals surface area contributed by atoms with Crippen molar-refractivity contribution in [3.8, 4) is 0 Å². The second-order valence-corrected chi connectivity index (χ2v) is 5.76. The molecule has 0 saturated carbocycles. The highest BCUT2D eigenvalue weighted by Gasteiger charge is 2.18. The molecule has 1 amide bonds. The van der Waals surface area contributed by atoms with E-state index < -0.39 is 0 Å². The van der Waals surface area contributed by atoms with Crippen molar-refractivity contribution in [1.29, 1.82) is 0 Å². The van der Waals surface area contributed by atoms with Gasteiger partial charge in [-0.3, -0.25) is 4.79 Å². The molecule has 92 valence electrons. The molecule has 0 bridgehead atoms. The number of carbonyl (C=O) groups is 1. The average molecular weight is 279 g/mol. The van der Waals surface area contributed by atoms with Crippen molar-refractivity contribution in [1.82, 2.24) is 4.98 Å². The maximum Gasteiger partial charge on any atom is 0.265 e. The monoisotopic (exact) mass is 278 g/mol. The zero-order valence-corrected chi connectivity index (χ0v) is 11.1. The molecule has 0 fully saturated rings.